The topological polar surface area (TPSA) is 93.5 Å². The van der Waals surface area contributed by atoms with Crippen molar-refractivity contribution in [1.82, 2.24) is 14.4 Å². The lowest BCUT2D eigenvalue weighted by Gasteiger charge is -2.03. The van der Waals surface area contributed by atoms with Crippen LogP contribution in [0.2, 0.25) is 0 Å². The Hall–Kier alpha value is -2.63. The summed E-state index contributed by atoms with van der Waals surface area (Å²) in [6.45, 7) is 0. The van der Waals surface area contributed by atoms with E-state index in [9.17, 15) is 4.79 Å². The van der Waals surface area contributed by atoms with Gasteiger partial charge in [0.2, 0.25) is 5.78 Å². The van der Waals surface area contributed by atoms with E-state index in [1.165, 1.54) is 6.20 Å². The molecule has 1 aromatic carbocycles. The number of aromatic carboxylic acids is 1. The van der Waals surface area contributed by atoms with Crippen LogP contribution in [0.15, 0.2) is 30.5 Å². The van der Waals surface area contributed by atoms with E-state index in [4.69, 9.17) is 10.8 Å². The summed E-state index contributed by atoms with van der Waals surface area (Å²) in [7, 11) is 0. The van der Waals surface area contributed by atoms with Gasteiger partial charge in [-0.1, -0.05) is 12.1 Å². The van der Waals surface area contributed by atoms with Crippen LogP contribution >= 0.6 is 0 Å². The number of rotatable bonds is 1. The van der Waals surface area contributed by atoms with Gasteiger partial charge in [-0.25, -0.2) is 14.8 Å². The molecular formula is C11H8N4O2. The summed E-state index contributed by atoms with van der Waals surface area (Å²) in [4.78, 5) is 19.2. The van der Waals surface area contributed by atoms with Gasteiger partial charge in [-0.3, -0.25) is 4.40 Å². The first-order valence-electron chi connectivity index (χ1n) is 4.93. The highest BCUT2D eigenvalue weighted by Gasteiger charge is 2.14. The van der Waals surface area contributed by atoms with E-state index in [2.05, 4.69) is 9.97 Å². The molecule has 0 amide bonds. The number of imidazole rings is 1. The molecule has 6 heteroatoms. The van der Waals surface area contributed by atoms with E-state index in [0.717, 1.165) is 11.0 Å². The van der Waals surface area contributed by atoms with E-state index in [0.29, 0.717) is 5.78 Å². The zero-order valence-corrected chi connectivity index (χ0v) is 8.66. The average molecular weight is 228 g/mol. The number of carboxylic acids is 1. The van der Waals surface area contributed by atoms with Gasteiger partial charge in [-0.2, -0.15) is 0 Å². The lowest BCUT2D eigenvalue weighted by molar-refractivity contribution is 0.0697. The van der Waals surface area contributed by atoms with Crippen molar-refractivity contribution in [2.45, 2.75) is 0 Å². The molecule has 2 aromatic heterocycles. The van der Waals surface area contributed by atoms with Crippen molar-refractivity contribution < 1.29 is 9.90 Å². The molecule has 0 aliphatic heterocycles. The smallest absolute Gasteiger partial charge is 0.340 e. The summed E-state index contributed by atoms with van der Waals surface area (Å²) in [5.41, 5.74) is 7.28. The number of benzene rings is 1. The number of nitrogens with two attached hydrogens (primary N) is 1. The minimum Gasteiger partial charge on any atom is -0.478 e. The number of para-hydroxylation sites is 2. The van der Waals surface area contributed by atoms with Crippen molar-refractivity contribution in [2.75, 3.05) is 5.73 Å². The molecule has 0 spiro atoms. The molecule has 0 aliphatic rings. The van der Waals surface area contributed by atoms with E-state index in [-0.39, 0.29) is 11.4 Å². The Labute approximate surface area is 95.3 Å². The molecule has 2 heterocycles. The van der Waals surface area contributed by atoms with Gasteiger partial charge in [0.15, 0.2) is 0 Å². The quantitative estimate of drug-likeness (QED) is 0.651. The molecule has 0 unspecified atom stereocenters. The summed E-state index contributed by atoms with van der Waals surface area (Å²) < 4.78 is 1.54. The number of fused-ring (bicyclic) bond motifs is 3. The SMILES string of the molecule is Nc1c(C(=O)O)cnc2nc3ccccc3n12. The Bertz CT molecular complexity index is 748. The van der Waals surface area contributed by atoms with Crippen LogP contribution in [0.25, 0.3) is 16.8 Å². The number of aromatic nitrogens is 3. The van der Waals surface area contributed by atoms with Crippen LogP contribution in [-0.2, 0) is 0 Å². The number of hydrogen-bond acceptors (Lipinski definition) is 4. The van der Waals surface area contributed by atoms with Gasteiger partial charge in [0.1, 0.15) is 11.4 Å². The van der Waals surface area contributed by atoms with Crippen molar-refractivity contribution in [1.29, 1.82) is 0 Å². The highest BCUT2D eigenvalue weighted by molar-refractivity contribution is 5.94. The zero-order chi connectivity index (χ0) is 12.0. The van der Waals surface area contributed by atoms with E-state index >= 15 is 0 Å². The molecule has 17 heavy (non-hydrogen) atoms. The number of nitrogen functional groups attached to an aromatic ring is 1. The van der Waals surface area contributed by atoms with Crippen LogP contribution in [0.3, 0.4) is 0 Å². The van der Waals surface area contributed by atoms with Crippen LogP contribution in [0, 0.1) is 0 Å². The Morgan fingerprint density at radius 1 is 1.35 bits per heavy atom. The molecule has 84 valence electrons. The standard InChI is InChI=1S/C11H8N4O2/c12-9-6(10(16)17)5-13-11-14-7-3-1-2-4-8(7)15(9)11/h1-5H,12H2,(H,16,17). The van der Waals surface area contributed by atoms with Gasteiger partial charge < -0.3 is 10.8 Å². The highest BCUT2D eigenvalue weighted by Crippen LogP contribution is 2.20. The van der Waals surface area contributed by atoms with E-state index < -0.39 is 5.97 Å². The fourth-order valence-electron chi connectivity index (χ4n) is 1.81. The molecule has 0 atom stereocenters. The summed E-state index contributed by atoms with van der Waals surface area (Å²) >= 11 is 0. The molecule has 0 saturated heterocycles. The first-order valence-corrected chi connectivity index (χ1v) is 4.93. The second-order valence-corrected chi connectivity index (χ2v) is 3.60. The average Bonchev–Trinajstić information content (AvgIpc) is 2.67. The zero-order valence-electron chi connectivity index (χ0n) is 8.66. The van der Waals surface area contributed by atoms with Crippen LogP contribution < -0.4 is 5.73 Å². The van der Waals surface area contributed by atoms with Crippen molar-refractivity contribution in [3.63, 3.8) is 0 Å². The fraction of sp³-hybridized carbons (Fsp3) is 0. The maximum Gasteiger partial charge on any atom is 0.340 e. The number of hydrogen-bond donors (Lipinski definition) is 2. The number of carboxylic acid groups (broad SMARTS) is 1. The highest BCUT2D eigenvalue weighted by atomic mass is 16.4. The maximum absolute atomic E-state index is 11.0. The first-order chi connectivity index (χ1) is 8.18. The number of anilines is 1. The lowest BCUT2D eigenvalue weighted by Crippen LogP contribution is -2.08. The van der Waals surface area contributed by atoms with E-state index in [1.807, 2.05) is 24.3 Å². The Morgan fingerprint density at radius 3 is 2.88 bits per heavy atom. The third-order valence-corrected chi connectivity index (χ3v) is 2.60. The largest absolute Gasteiger partial charge is 0.478 e. The monoisotopic (exact) mass is 228 g/mol. The second kappa shape index (κ2) is 3.18. The summed E-state index contributed by atoms with van der Waals surface area (Å²) in [5, 5.41) is 8.98. The van der Waals surface area contributed by atoms with Crippen LogP contribution in [0.1, 0.15) is 10.4 Å². The normalized spacial score (nSPS) is 11.1. The van der Waals surface area contributed by atoms with Crippen LogP contribution in [-0.4, -0.2) is 25.4 Å². The Balaban J connectivity index is 2.52. The second-order valence-electron chi connectivity index (χ2n) is 3.60. The Kier molecular flexibility index (Phi) is 1.79. The number of nitrogens with zero attached hydrogens (tertiary/aromatic N) is 3. The van der Waals surface area contributed by atoms with E-state index in [1.54, 1.807) is 4.40 Å². The molecule has 0 bridgehead atoms. The molecule has 3 rings (SSSR count). The van der Waals surface area contributed by atoms with Gasteiger partial charge in [-0.05, 0) is 12.1 Å². The first kappa shape index (κ1) is 9.59. The third-order valence-electron chi connectivity index (χ3n) is 2.60. The molecule has 0 aliphatic carbocycles. The molecule has 0 radical (unpaired) electrons. The van der Waals surface area contributed by atoms with Gasteiger partial charge in [0.05, 0.1) is 11.0 Å². The molecule has 0 saturated carbocycles. The summed E-state index contributed by atoms with van der Waals surface area (Å²) in [5.74, 6) is -0.570. The predicted molar refractivity (Wildman–Crippen MR) is 61.9 cm³/mol. The third kappa shape index (κ3) is 1.24. The van der Waals surface area contributed by atoms with Crippen molar-refractivity contribution in [3.05, 3.63) is 36.0 Å². The van der Waals surface area contributed by atoms with Gasteiger partial charge in [-0.15, -0.1) is 0 Å². The molecule has 3 aromatic rings. The summed E-state index contributed by atoms with van der Waals surface area (Å²) in [6.07, 6.45) is 1.22. The fourth-order valence-corrected chi connectivity index (χ4v) is 1.81. The van der Waals surface area contributed by atoms with Gasteiger partial charge in [0.25, 0.3) is 0 Å². The number of carbonyl (C=O) groups is 1. The van der Waals surface area contributed by atoms with Gasteiger partial charge in [0, 0.05) is 6.20 Å². The van der Waals surface area contributed by atoms with Crippen LogP contribution in [0.5, 0.6) is 0 Å². The van der Waals surface area contributed by atoms with Crippen molar-refractivity contribution in [3.8, 4) is 0 Å². The lowest BCUT2D eigenvalue weighted by atomic mass is 10.3. The minimum atomic E-state index is -1.10. The molecular weight excluding hydrogens is 220 g/mol. The van der Waals surface area contributed by atoms with Crippen molar-refractivity contribution >= 4 is 28.6 Å². The Morgan fingerprint density at radius 2 is 2.12 bits per heavy atom. The van der Waals surface area contributed by atoms with Crippen molar-refractivity contribution in [2.24, 2.45) is 0 Å². The van der Waals surface area contributed by atoms with Gasteiger partial charge >= 0.3 is 5.97 Å². The van der Waals surface area contributed by atoms with Crippen LogP contribution in [0.4, 0.5) is 5.82 Å². The predicted octanol–water partition coefficient (Wildman–Crippen LogP) is 1.16. The summed E-state index contributed by atoms with van der Waals surface area (Å²) in [6, 6.07) is 7.33. The molecule has 6 nitrogen and oxygen atoms in total. The molecule has 3 N–H and O–H groups in total. The maximum atomic E-state index is 11.0. The molecule has 0 fully saturated rings. The minimum absolute atomic E-state index is 0.0272.